The molecule has 0 rings (SSSR count). The first-order valence-corrected chi connectivity index (χ1v) is 8.90. The zero-order valence-corrected chi connectivity index (χ0v) is 16.8. The second-order valence-electron chi connectivity index (χ2n) is 5.62. The Bertz CT molecular complexity index is 425. The van der Waals surface area contributed by atoms with Gasteiger partial charge < -0.3 is 19.6 Å². The van der Waals surface area contributed by atoms with Crippen LogP contribution in [0.5, 0.6) is 0 Å². The predicted octanol–water partition coefficient (Wildman–Crippen LogP) is 2.81. The molecule has 0 aromatic carbocycles. The topological polar surface area (TPSA) is 70.1 Å². The fourth-order valence-electron chi connectivity index (χ4n) is 1.77. The van der Waals surface area contributed by atoms with Crippen molar-refractivity contribution in [3.05, 3.63) is 23.8 Å². The van der Waals surface area contributed by atoms with Crippen LogP contribution in [-0.4, -0.2) is 72.7 Å². The van der Waals surface area contributed by atoms with Crippen molar-refractivity contribution in [3.8, 4) is 0 Å². The molecular formula is C19H36N2O4. The number of hydrogen-bond donors (Lipinski definition) is 1. The van der Waals surface area contributed by atoms with Gasteiger partial charge in [-0.05, 0) is 40.0 Å². The minimum absolute atomic E-state index is 0.299. The van der Waals surface area contributed by atoms with Gasteiger partial charge in [0.05, 0.1) is 0 Å². The Balaban J connectivity index is 0. The Morgan fingerprint density at radius 2 is 1.48 bits per heavy atom. The molecule has 0 atom stereocenters. The third-order valence-corrected chi connectivity index (χ3v) is 3.77. The number of carbonyl (C=O) groups excluding carboxylic acids is 1. The van der Waals surface area contributed by atoms with Crippen molar-refractivity contribution < 1.29 is 19.4 Å². The van der Waals surface area contributed by atoms with E-state index in [0.717, 1.165) is 39.3 Å². The van der Waals surface area contributed by atoms with Crippen LogP contribution in [0.15, 0.2) is 23.8 Å². The number of ether oxygens (including phenoxy) is 1. The molecule has 0 amide bonds. The van der Waals surface area contributed by atoms with Gasteiger partial charge in [0.15, 0.2) is 0 Å². The highest BCUT2D eigenvalue weighted by Crippen LogP contribution is 1.95. The maximum atomic E-state index is 11.0. The molecule has 0 saturated carbocycles. The second-order valence-corrected chi connectivity index (χ2v) is 5.62. The molecule has 0 aliphatic carbocycles. The summed E-state index contributed by atoms with van der Waals surface area (Å²) in [5.74, 6) is -1.13. The van der Waals surface area contributed by atoms with Gasteiger partial charge in [0.25, 0.3) is 0 Å². The number of rotatable bonds is 11. The molecule has 0 aliphatic rings. The second kappa shape index (κ2) is 15.8. The summed E-state index contributed by atoms with van der Waals surface area (Å²) in [6.45, 7) is 20.9. The number of esters is 1. The van der Waals surface area contributed by atoms with Gasteiger partial charge in [-0.3, -0.25) is 0 Å². The zero-order valence-electron chi connectivity index (χ0n) is 16.8. The van der Waals surface area contributed by atoms with Crippen molar-refractivity contribution in [1.29, 1.82) is 0 Å². The van der Waals surface area contributed by atoms with E-state index in [2.05, 4.69) is 44.1 Å². The van der Waals surface area contributed by atoms with Crippen LogP contribution in [0.3, 0.4) is 0 Å². The Morgan fingerprint density at radius 1 is 1.00 bits per heavy atom. The molecule has 6 nitrogen and oxygen atoms in total. The molecule has 0 spiro atoms. The van der Waals surface area contributed by atoms with E-state index in [9.17, 15) is 9.59 Å². The largest absolute Gasteiger partial charge is 0.478 e. The summed E-state index contributed by atoms with van der Waals surface area (Å²) in [6, 6.07) is 0. The summed E-state index contributed by atoms with van der Waals surface area (Å²) in [4.78, 5) is 25.7. The molecule has 0 saturated heterocycles. The molecule has 25 heavy (non-hydrogen) atoms. The smallest absolute Gasteiger partial charge is 0.333 e. The fraction of sp³-hybridized carbons (Fsp3) is 0.684. The van der Waals surface area contributed by atoms with E-state index in [1.54, 1.807) is 19.9 Å². The predicted molar refractivity (Wildman–Crippen MR) is 103 cm³/mol. The lowest BCUT2D eigenvalue weighted by molar-refractivity contribution is -0.139. The number of carboxylic acid groups (broad SMARTS) is 1. The minimum Gasteiger partial charge on any atom is -0.478 e. The zero-order chi connectivity index (χ0) is 19.8. The maximum absolute atomic E-state index is 11.0. The first-order valence-electron chi connectivity index (χ1n) is 8.90. The van der Waals surface area contributed by atoms with E-state index in [0.29, 0.717) is 17.8 Å². The molecule has 0 unspecified atom stereocenters. The summed E-state index contributed by atoms with van der Waals surface area (Å²) >= 11 is 0. The summed E-state index contributed by atoms with van der Waals surface area (Å²) < 4.78 is 4.96. The third kappa shape index (κ3) is 14.4. The molecular weight excluding hydrogens is 320 g/mol. The lowest BCUT2D eigenvalue weighted by Crippen LogP contribution is -2.27. The van der Waals surface area contributed by atoms with Crippen molar-refractivity contribution in [1.82, 2.24) is 9.80 Å². The van der Waals surface area contributed by atoms with E-state index >= 15 is 0 Å². The van der Waals surface area contributed by atoms with Crippen molar-refractivity contribution >= 4 is 11.9 Å². The van der Waals surface area contributed by atoms with Gasteiger partial charge in [0, 0.05) is 24.2 Å². The quantitative estimate of drug-likeness (QED) is 0.453. The van der Waals surface area contributed by atoms with Crippen molar-refractivity contribution in [3.63, 3.8) is 0 Å². The summed E-state index contributed by atoms with van der Waals surface area (Å²) in [5, 5.41) is 8.55. The van der Waals surface area contributed by atoms with E-state index in [1.807, 2.05) is 0 Å². The monoisotopic (exact) mass is 356 g/mol. The molecule has 0 fully saturated rings. The molecule has 6 heteroatoms. The average molecular weight is 357 g/mol. The van der Waals surface area contributed by atoms with Crippen LogP contribution in [0.2, 0.25) is 0 Å². The first kappa shape index (κ1) is 25.6. The summed E-state index contributed by atoms with van der Waals surface area (Å²) in [6.07, 6.45) is 1.75. The molecule has 0 aromatic rings. The number of nitrogens with zero attached hydrogens (tertiary/aromatic N) is 2. The molecule has 0 aromatic heterocycles. The van der Waals surface area contributed by atoms with Gasteiger partial charge in [0.1, 0.15) is 6.61 Å². The lowest BCUT2D eigenvalue weighted by atomic mass is 10.3. The van der Waals surface area contributed by atoms with E-state index in [-0.39, 0.29) is 5.97 Å². The Kier molecular flexibility index (Phi) is 16.2. The number of likely N-dealkylation sites (N-methyl/N-ethyl adjacent to an activating group) is 2. The number of carbonyl (C=O) groups is 2. The van der Waals surface area contributed by atoms with Crippen LogP contribution in [0.4, 0.5) is 0 Å². The van der Waals surface area contributed by atoms with Gasteiger partial charge in [0.2, 0.25) is 0 Å². The molecule has 0 aliphatic heterocycles. The summed E-state index contributed by atoms with van der Waals surface area (Å²) in [5.41, 5.74) is 0.876. The van der Waals surface area contributed by atoms with Gasteiger partial charge in [-0.15, -0.1) is 0 Å². The maximum Gasteiger partial charge on any atom is 0.333 e. The van der Waals surface area contributed by atoms with Crippen LogP contribution in [-0.2, 0) is 14.3 Å². The SMILES string of the molecule is C=C(C)C(=O)OCCN(CC)CC.CCN(CC)CC=C(C)C(=O)O. The highest BCUT2D eigenvalue weighted by atomic mass is 16.5. The van der Waals surface area contributed by atoms with Gasteiger partial charge in [-0.1, -0.05) is 40.3 Å². The van der Waals surface area contributed by atoms with Crippen LogP contribution in [0, 0.1) is 0 Å². The number of carboxylic acids is 1. The van der Waals surface area contributed by atoms with Gasteiger partial charge in [-0.2, -0.15) is 0 Å². The Morgan fingerprint density at radius 3 is 1.84 bits per heavy atom. The molecule has 1 N–H and O–H groups in total. The molecule has 0 heterocycles. The first-order chi connectivity index (χ1) is 11.7. The van der Waals surface area contributed by atoms with Crippen LogP contribution < -0.4 is 0 Å². The van der Waals surface area contributed by atoms with Crippen molar-refractivity contribution in [2.75, 3.05) is 45.9 Å². The third-order valence-electron chi connectivity index (χ3n) is 3.77. The Labute approximate surface area is 153 Å². The van der Waals surface area contributed by atoms with E-state index in [1.165, 1.54) is 0 Å². The van der Waals surface area contributed by atoms with E-state index < -0.39 is 5.97 Å². The normalized spacial score (nSPS) is 11.1. The lowest BCUT2D eigenvalue weighted by Gasteiger charge is -2.17. The van der Waals surface area contributed by atoms with Crippen molar-refractivity contribution in [2.24, 2.45) is 0 Å². The number of aliphatic carboxylic acids is 1. The van der Waals surface area contributed by atoms with Crippen LogP contribution in [0.1, 0.15) is 41.5 Å². The average Bonchev–Trinajstić information content (AvgIpc) is 2.59. The minimum atomic E-state index is -0.831. The van der Waals surface area contributed by atoms with Crippen LogP contribution in [0.25, 0.3) is 0 Å². The standard InChI is InChI=1S/C10H19NO2.C9H17NO2/c1-5-11(6-2)7-8-13-10(12)9(3)4;1-4-10(5-2)7-6-8(3)9(11)12/h3,5-8H2,1-2,4H3;6H,4-5,7H2,1-3H3,(H,11,12). The highest BCUT2D eigenvalue weighted by molar-refractivity contribution is 5.87. The molecule has 0 radical (unpaired) electrons. The van der Waals surface area contributed by atoms with E-state index in [4.69, 9.17) is 9.84 Å². The molecule has 146 valence electrons. The summed E-state index contributed by atoms with van der Waals surface area (Å²) in [7, 11) is 0. The van der Waals surface area contributed by atoms with Gasteiger partial charge in [-0.25, -0.2) is 9.59 Å². The number of hydrogen-bond acceptors (Lipinski definition) is 5. The van der Waals surface area contributed by atoms with Gasteiger partial charge >= 0.3 is 11.9 Å². The molecule has 0 bridgehead atoms. The Hall–Kier alpha value is -1.66. The fourth-order valence-corrected chi connectivity index (χ4v) is 1.77. The van der Waals surface area contributed by atoms with Crippen molar-refractivity contribution in [2.45, 2.75) is 41.5 Å². The van der Waals surface area contributed by atoms with Crippen LogP contribution >= 0.6 is 0 Å². The highest BCUT2D eigenvalue weighted by Gasteiger charge is 2.04.